The Labute approximate surface area is 103 Å². The molecule has 1 saturated heterocycles. The zero-order chi connectivity index (χ0) is 13.6. The van der Waals surface area contributed by atoms with E-state index in [4.69, 9.17) is 19.2 Å². The number of rotatable bonds is 3. The van der Waals surface area contributed by atoms with E-state index in [1.165, 1.54) is 13.1 Å². The Morgan fingerprint density at radius 1 is 1.12 bits per heavy atom. The molecule has 1 heterocycles. The van der Waals surface area contributed by atoms with E-state index in [0.29, 0.717) is 6.29 Å². The van der Waals surface area contributed by atoms with Crippen molar-refractivity contribution in [1.29, 1.82) is 0 Å². The van der Waals surface area contributed by atoms with Gasteiger partial charge in [0.25, 0.3) is 0 Å². The van der Waals surface area contributed by atoms with Gasteiger partial charge in [-0.1, -0.05) is 13.8 Å². The largest absolute Gasteiger partial charge is 0.466 e. The van der Waals surface area contributed by atoms with Crippen molar-refractivity contribution in [2.45, 2.75) is 20.1 Å². The van der Waals surface area contributed by atoms with E-state index in [0.717, 1.165) is 13.1 Å². The van der Waals surface area contributed by atoms with Crippen molar-refractivity contribution in [1.82, 2.24) is 14.7 Å². The van der Waals surface area contributed by atoms with E-state index in [2.05, 4.69) is 42.6 Å². The van der Waals surface area contributed by atoms with Crippen molar-refractivity contribution >= 4 is 7.82 Å². The fourth-order valence-electron chi connectivity index (χ4n) is 1.99. The van der Waals surface area contributed by atoms with Crippen LogP contribution in [0.15, 0.2) is 0 Å². The molecule has 1 rings (SSSR count). The second-order valence-corrected chi connectivity index (χ2v) is 5.07. The Kier molecular flexibility index (Phi) is 7.43. The van der Waals surface area contributed by atoms with Crippen LogP contribution in [-0.4, -0.2) is 75.9 Å². The molecule has 0 saturated carbocycles. The quantitative estimate of drug-likeness (QED) is 0.599. The molecule has 17 heavy (non-hydrogen) atoms. The topological polar surface area (TPSA) is 87.5 Å². The molecule has 0 atom stereocenters. The van der Waals surface area contributed by atoms with Gasteiger partial charge in [-0.3, -0.25) is 14.7 Å². The van der Waals surface area contributed by atoms with Gasteiger partial charge < -0.3 is 14.7 Å². The van der Waals surface area contributed by atoms with Crippen molar-refractivity contribution in [3.63, 3.8) is 0 Å². The molecule has 0 bridgehead atoms. The number of nitrogens with zero attached hydrogens (tertiary/aromatic N) is 3. The van der Waals surface area contributed by atoms with Crippen LogP contribution in [0.3, 0.4) is 0 Å². The molecule has 7 nitrogen and oxygen atoms in total. The molecule has 0 aromatic carbocycles. The Balaban J connectivity index is 0.000000437. The first-order valence-electron chi connectivity index (χ1n) is 5.63. The third kappa shape index (κ3) is 7.10. The molecule has 1 aliphatic rings. The predicted molar refractivity (Wildman–Crippen MR) is 66.2 cm³/mol. The van der Waals surface area contributed by atoms with Crippen LogP contribution < -0.4 is 0 Å². The molecule has 104 valence electrons. The summed E-state index contributed by atoms with van der Waals surface area (Å²) in [5.74, 6) is 0. The van der Waals surface area contributed by atoms with Gasteiger partial charge in [-0.2, -0.15) is 0 Å². The van der Waals surface area contributed by atoms with Gasteiger partial charge in [0.15, 0.2) is 0 Å². The normalized spacial score (nSPS) is 19.5. The lowest BCUT2D eigenvalue weighted by molar-refractivity contribution is 0.0171. The molecule has 8 heteroatoms. The maximum atomic E-state index is 8.88. The Morgan fingerprint density at radius 3 is 1.65 bits per heavy atom. The fourth-order valence-corrected chi connectivity index (χ4v) is 1.99. The van der Waals surface area contributed by atoms with Crippen LogP contribution >= 0.6 is 7.82 Å². The van der Waals surface area contributed by atoms with Gasteiger partial charge in [0, 0.05) is 13.1 Å². The molecule has 0 unspecified atom stereocenters. The van der Waals surface area contributed by atoms with Crippen LogP contribution in [0.2, 0.25) is 0 Å². The summed E-state index contributed by atoms with van der Waals surface area (Å²) < 4.78 is 8.88. The van der Waals surface area contributed by atoms with E-state index in [1.807, 2.05) is 0 Å². The molecule has 0 aliphatic carbocycles. The standard InChI is InChI=1S/C9H21N3.H3O4P/c1-5-12(6-2)9-10(3)7-8-11(9)4;1-5(2,3)4/h9H,5-8H2,1-4H3;(H3,1,2,3,4). The summed E-state index contributed by atoms with van der Waals surface area (Å²) in [5.41, 5.74) is 0. The highest BCUT2D eigenvalue weighted by molar-refractivity contribution is 7.45. The van der Waals surface area contributed by atoms with E-state index in [1.54, 1.807) is 0 Å². The molecular weight excluding hydrogens is 245 g/mol. The highest BCUT2D eigenvalue weighted by Crippen LogP contribution is 2.25. The minimum absolute atomic E-state index is 0.528. The predicted octanol–water partition coefficient (Wildman–Crippen LogP) is -0.440. The van der Waals surface area contributed by atoms with Crippen LogP contribution in [-0.2, 0) is 4.57 Å². The highest BCUT2D eigenvalue weighted by atomic mass is 31.2. The minimum atomic E-state index is -4.64. The molecule has 0 aromatic rings. The molecule has 0 radical (unpaired) electrons. The van der Waals surface area contributed by atoms with E-state index < -0.39 is 7.82 Å². The summed E-state index contributed by atoms with van der Waals surface area (Å²) in [4.78, 5) is 28.9. The maximum absolute atomic E-state index is 8.88. The second kappa shape index (κ2) is 7.43. The van der Waals surface area contributed by atoms with Gasteiger partial charge in [0.2, 0.25) is 0 Å². The highest BCUT2D eigenvalue weighted by Gasteiger charge is 2.29. The van der Waals surface area contributed by atoms with Gasteiger partial charge >= 0.3 is 7.82 Å². The molecule has 0 amide bonds. The van der Waals surface area contributed by atoms with E-state index >= 15 is 0 Å². The number of likely N-dealkylation sites (N-methyl/N-ethyl adjacent to an activating group) is 2. The lowest BCUT2D eigenvalue weighted by Crippen LogP contribution is -2.49. The second-order valence-electron chi connectivity index (χ2n) is 4.04. The average Bonchev–Trinajstić information content (AvgIpc) is 2.49. The summed E-state index contributed by atoms with van der Waals surface area (Å²) in [6.45, 7) is 9.11. The number of hydrogen-bond acceptors (Lipinski definition) is 4. The lowest BCUT2D eigenvalue weighted by Gasteiger charge is -2.35. The third-order valence-corrected chi connectivity index (χ3v) is 2.73. The van der Waals surface area contributed by atoms with Crippen molar-refractivity contribution < 1.29 is 19.2 Å². The average molecular weight is 269 g/mol. The maximum Gasteiger partial charge on any atom is 0.466 e. The fraction of sp³-hybridized carbons (Fsp3) is 1.00. The summed E-state index contributed by atoms with van der Waals surface area (Å²) in [6.07, 6.45) is 0.528. The molecule has 0 spiro atoms. The number of hydrogen-bond donors (Lipinski definition) is 3. The van der Waals surface area contributed by atoms with Crippen LogP contribution in [0.25, 0.3) is 0 Å². The van der Waals surface area contributed by atoms with Crippen molar-refractivity contribution in [3.05, 3.63) is 0 Å². The lowest BCUT2D eigenvalue weighted by atomic mass is 10.5. The molecular formula is C9H24N3O4P. The first-order chi connectivity index (χ1) is 7.70. The third-order valence-electron chi connectivity index (χ3n) is 2.73. The Hall–Kier alpha value is -0.0100. The zero-order valence-electron chi connectivity index (χ0n) is 10.9. The summed E-state index contributed by atoms with van der Waals surface area (Å²) >= 11 is 0. The van der Waals surface area contributed by atoms with E-state index in [9.17, 15) is 0 Å². The molecule has 3 N–H and O–H groups in total. The summed E-state index contributed by atoms with van der Waals surface area (Å²) in [6, 6.07) is 0. The smallest absolute Gasteiger partial charge is 0.303 e. The number of phosphoric acid groups is 1. The van der Waals surface area contributed by atoms with E-state index in [-0.39, 0.29) is 0 Å². The first kappa shape index (κ1) is 17.0. The van der Waals surface area contributed by atoms with Gasteiger partial charge in [-0.15, -0.1) is 0 Å². The van der Waals surface area contributed by atoms with Gasteiger partial charge in [-0.05, 0) is 27.2 Å². The SMILES string of the molecule is CCN(CC)C1N(C)CCN1C.O=P(O)(O)O. The minimum Gasteiger partial charge on any atom is -0.303 e. The Bertz CT molecular complexity index is 238. The Morgan fingerprint density at radius 2 is 1.41 bits per heavy atom. The monoisotopic (exact) mass is 269 g/mol. The molecule has 1 aliphatic heterocycles. The van der Waals surface area contributed by atoms with Gasteiger partial charge in [-0.25, -0.2) is 4.57 Å². The summed E-state index contributed by atoms with van der Waals surface area (Å²) in [7, 11) is -0.237. The summed E-state index contributed by atoms with van der Waals surface area (Å²) in [5, 5.41) is 0. The van der Waals surface area contributed by atoms with Crippen LogP contribution in [0, 0.1) is 0 Å². The first-order valence-corrected chi connectivity index (χ1v) is 7.20. The van der Waals surface area contributed by atoms with Crippen molar-refractivity contribution in [2.75, 3.05) is 40.3 Å². The molecule has 0 aromatic heterocycles. The van der Waals surface area contributed by atoms with Crippen LogP contribution in [0.1, 0.15) is 13.8 Å². The zero-order valence-corrected chi connectivity index (χ0v) is 11.8. The van der Waals surface area contributed by atoms with Crippen molar-refractivity contribution in [3.8, 4) is 0 Å². The van der Waals surface area contributed by atoms with Crippen LogP contribution in [0.5, 0.6) is 0 Å². The van der Waals surface area contributed by atoms with Gasteiger partial charge in [0.1, 0.15) is 6.29 Å². The van der Waals surface area contributed by atoms with Crippen LogP contribution in [0.4, 0.5) is 0 Å². The molecule has 1 fully saturated rings. The van der Waals surface area contributed by atoms with Crippen molar-refractivity contribution in [2.24, 2.45) is 0 Å². The van der Waals surface area contributed by atoms with Gasteiger partial charge in [0.05, 0.1) is 0 Å².